The van der Waals surface area contributed by atoms with Gasteiger partial charge in [0.05, 0.1) is 20.3 Å². The average molecular weight is 713 g/mol. The summed E-state index contributed by atoms with van der Waals surface area (Å²) in [4.78, 5) is 79.0. The fourth-order valence-electron chi connectivity index (χ4n) is 6.52. The molecule has 3 N–H and O–H groups in total. The standard InChI is InChI=1S/C12H10N2O2S.C12H13NO2S.C12H9NO2S/c1-6-2-3-7-8(14-6)11(16)12-9(10(7)15)13-4-5-17-12;2*14-10-7-3-1-2-4-8(7)11(15)12-9(10)13-5-6-16-12/h2-3,13H,4-5H2,1H3;13H,1-6H2;1-4,13H,5-6H2. The first-order valence-corrected chi connectivity index (χ1v) is 19.1. The predicted octanol–water partition coefficient (Wildman–Crippen LogP) is 4.49. The van der Waals surface area contributed by atoms with Gasteiger partial charge in [-0.15, -0.1) is 35.3 Å². The van der Waals surface area contributed by atoms with E-state index in [9.17, 15) is 28.8 Å². The lowest BCUT2D eigenvalue weighted by Crippen LogP contribution is -2.35. The topological polar surface area (TPSA) is 151 Å². The monoisotopic (exact) mass is 712 g/mol. The Kier molecular flexibility index (Phi) is 9.49. The fourth-order valence-corrected chi connectivity index (χ4v) is 9.39. The molecule has 0 spiro atoms. The van der Waals surface area contributed by atoms with Gasteiger partial charge in [0, 0.05) is 64.9 Å². The van der Waals surface area contributed by atoms with Gasteiger partial charge in [0.1, 0.15) is 22.8 Å². The van der Waals surface area contributed by atoms with Crippen molar-refractivity contribution in [3.63, 3.8) is 0 Å². The molecule has 2 aromatic rings. The molecule has 4 heterocycles. The Balaban J connectivity index is 0.000000116. The van der Waals surface area contributed by atoms with E-state index in [0.29, 0.717) is 54.2 Å². The van der Waals surface area contributed by atoms with Crippen molar-refractivity contribution >= 4 is 70.0 Å². The van der Waals surface area contributed by atoms with Crippen molar-refractivity contribution in [2.75, 3.05) is 36.9 Å². The molecule has 0 unspecified atom stereocenters. The first-order valence-electron chi connectivity index (χ1n) is 16.2. The summed E-state index contributed by atoms with van der Waals surface area (Å²) in [5, 5.41) is 9.14. The van der Waals surface area contributed by atoms with E-state index in [0.717, 1.165) is 79.4 Å². The van der Waals surface area contributed by atoms with Crippen molar-refractivity contribution in [1.82, 2.24) is 20.9 Å². The molecule has 4 aliphatic carbocycles. The van der Waals surface area contributed by atoms with Crippen LogP contribution in [0.5, 0.6) is 0 Å². The quantitative estimate of drug-likeness (QED) is 0.330. The Bertz CT molecular complexity index is 1880. The van der Waals surface area contributed by atoms with Crippen molar-refractivity contribution in [2.45, 2.75) is 32.6 Å². The summed E-state index contributed by atoms with van der Waals surface area (Å²) >= 11 is 4.43. The number of benzene rings is 1. The number of hydrogen-bond donors (Lipinski definition) is 3. The maximum Gasteiger partial charge on any atom is 0.220 e. The average Bonchev–Trinajstić information content (AvgIpc) is 3.15. The summed E-state index contributed by atoms with van der Waals surface area (Å²) in [6.07, 6.45) is 3.65. The number of aromatic nitrogens is 1. The molecule has 49 heavy (non-hydrogen) atoms. The third kappa shape index (κ3) is 6.12. The molecule has 250 valence electrons. The van der Waals surface area contributed by atoms with Gasteiger partial charge in [0.2, 0.25) is 28.9 Å². The third-order valence-electron chi connectivity index (χ3n) is 8.86. The number of thioether (sulfide) groups is 3. The van der Waals surface area contributed by atoms with Crippen LogP contribution in [0.25, 0.3) is 0 Å². The van der Waals surface area contributed by atoms with Crippen LogP contribution in [0.2, 0.25) is 0 Å². The highest BCUT2D eigenvalue weighted by molar-refractivity contribution is 8.04. The molecule has 10 nitrogen and oxygen atoms in total. The molecule has 0 saturated carbocycles. The molecule has 0 fully saturated rings. The van der Waals surface area contributed by atoms with E-state index in [1.807, 2.05) is 6.92 Å². The molecular formula is C36H32N4O6S3. The van der Waals surface area contributed by atoms with Crippen molar-refractivity contribution in [3.8, 4) is 0 Å². The summed E-state index contributed by atoms with van der Waals surface area (Å²) in [6.45, 7) is 4.06. The van der Waals surface area contributed by atoms with Crippen molar-refractivity contribution < 1.29 is 28.8 Å². The van der Waals surface area contributed by atoms with Crippen molar-refractivity contribution in [1.29, 1.82) is 0 Å². The number of fused-ring (bicyclic) bond motifs is 2. The highest BCUT2D eigenvalue weighted by atomic mass is 32.2. The molecular weight excluding hydrogens is 681 g/mol. The summed E-state index contributed by atoms with van der Waals surface area (Å²) in [5.41, 5.74) is 5.59. The number of Topliss-reactive ketones (excluding diaryl/α,β-unsaturated/α-hetero) is 6. The second-order valence-electron chi connectivity index (χ2n) is 12.0. The zero-order valence-electron chi connectivity index (χ0n) is 26.7. The minimum atomic E-state index is -0.129. The molecule has 0 saturated heterocycles. The number of hydrogen-bond acceptors (Lipinski definition) is 13. The van der Waals surface area contributed by atoms with E-state index in [4.69, 9.17) is 0 Å². The minimum absolute atomic E-state index is 0.0256. The molecule has 3 aliphatic heterocycles. The van der Waals surface area contributed by atoms with E-state index in [2.05, 4.69) is 20.9 Å². The van der Waals surface area contributed by atoms with Gasteiger partial charge in [-0.1, -0.05) is 24.3 Å². The molecule has 1 aromatic carbocycles. The maximum absolute atomic E-state index is 12.2. The largest absolute Gasteiger partial charge is 0.380 e. The summed E-state index contributed by atoms with van der Waals surface area (Å²) in [5.74, 6) is 2.38. The molecule has 7 aliphatic rings. The van der Waals surface area contributed by atoms with Crippen LogP contribution < -0.4 is 16.0 Å². The molecule has 0 radical (unpaired) electrons. The van der Waals surface area contributed by atoms with Crippen molar-refractivity contribution in [2.24, 2.45) is 0 Å². The molecule has 0 bridgehead atoms. The lowest BCUT2D eigenvalue weighted by Gasteiger charge is -2.29. The van der Waals surface area contributed by atoms with Crippen LogP contribution in [0.15, 0.2) is 79.4 Å². The Labute approximate surface area is 295 Å². The van der Waals surface area contributed by atoms with Crippen LogP contribution in [0, 0.1) is 6.92 Å². The van der Waals surface area contributed by atoms with E-state index in [1.165, 1.54) is 35.3 Å². The lowest BCUT2D eigenvalue weighted by atomic mass is 9.82. The molecule has 13 heteroatoms. The SMILES string of the molecule is Cc1ccc2c(n1)C(=O)C1=C(NCCS1)C2=O.O=C1C2=C(CCCC2)C(=O)C2=C1NCCS2.O=C1C2=C(SCCN2)C(=O)c2ccccc21. The normalized spacial score (nSPS) is 20.9. The van der Waals surface area contributed by atoms with Crippen LogP contribution in [0.4, 0.5) is 0 Å². The van der Waals surface area contributed by atoms with Gasteiger partial charge in [-0.25, -0.2) is 4.98 Å². The second-order valence-corrected chi connectivity index (χ2v) is 15.3. The van der Waals surface area contributed by atoms with E-state index in [-0.39, 0.29) is 34.7 Å². The molecule has 0 amide bonds. The zero-order valence-corrected chi connectivity index (χ0v) is 29.1. The predicted molar refractivity (Wildman–Crippen MR) is 191 cm³/mol. The molecule has 1 aromatic heterocycles. The number of nitrogens with one attached hydrogen (secondary N) is 3. The Hall–Kier alpha value is -4.20. The summed E-state index contributed by atoms with van der Waals surface area (Å²) in [6, 6.07) is 10.4. The van der Waals surface area contributed by atoms with Gasteiger partial charge in [-0.05, 0) is 44.7 Å². The van der Waals surface area contributed by atoms with Gasteiger partial charge in [0.15, 0.2) is 5.78 Å². The fraction of sp³-hybridized carbons (Fsp3) is 0.306. The van der Waals surface area contributed by atoms with E-state index in [1.54, 1.807) is 36.4 Å². The lowest BCUT2D eigenvalue weighted by molar-refractivity contribution is -0.116. The van der Waals surface area contributed by atoms with Gasteiger partial charge in [0.25, 0.3) is 0 Å². The Morgan fingerprint density at radius 3 is 1.59 bits per heavy atom. The third-order valence-corrected chi connectivity index (χ3v) is 12.1. The van der Waals surface area contributed by atoms with Crippen LogP contribution in [0.3, 0.4) is 0 Å². The number of allylic oxidation sites excluding steroid dienone is 7. The number of rotatable bonds is 0. The smallest absolute Gasteiger partial charge is 0.220 e. The maximum atomic E-state index is 12.2. The van der Waals surface area contributed by atoms with E-state index >= 15 is 0 Å². The van der Waals surface area contributed by atoms with Crippen LogP contribution >= 0.6 is 35.3 Å². The van der Waals surface area contributed by atoms with E-state index < -0.39 is 0 Å². The van der Waals surface area contributed by atoms with Gasteiger partial charge >= 0.3 is 0 Å². The second kappa shape index (κ2) is 14.0. The number of nitrogens with zero attached hydrogens (tertiary/aromatic N) is 1. The molecule has 0 atom stereocenters. The number of carbonyl (C=O) groups is 6. The Morgan fingerprint density at radius 1 is 0.531 bits per heavy atom. The van der Waals surface area contributed by atoms with Gasteiger partial charge in [-0.3, -0.25) is 28.8 Å². The first kappa shape index (κ1) is 33.3. The number of ketones is 6. The highest BCUT2D eigenvalue weighted by Gasteiger charge is 2.38. The first-order chi connectivity index (χ1) is 23.8. The van der Waals surface area contributed by atoms with Crippen LogP contribution in [0.1, 0.15) is 72.9 Å². The Morgan fingerprint density at radius 2 is 1.00 bits per heavy atom. The number of carbonyl (C=O) groups excluding carboxylic acids is 6. The summed E-state index contributed by atoms with van der Waals surface area (Å²) < 4.78 is 0. The van der Waals surface area contributed by atoms with Crippen LogP contribution in [-0.4, -0.2) is 76.6 Å². The molecule has 9 rings (SSSR count). The van der Waals surface area contributed by atoms with Crippen molar-refractivity contribution in [3.05, 3.63) is 107 Å². The minimum Gasteiger partial charge on any atom is -0.380 e. The summed E-state index contributed by atoms with van der Waals surface area (Å²) in [7, 11) is 0. The van der Waals surface area contributed by atoms with Gasteiger partial charge < -0.3 is 16.0 Å². The zero-order chi connectivity index (χ0) is 34.2. The van der Waals surface area contributed by atoms with Gasteiger partial charge in [-0.2, -0.15) is 0 Å². The number of pyridine rings is 1. The van der Waals surface area contributed by atoms with Crippen LogP contribution in [-0.2, 0) is 9.59 Å². The highest BCUT2D eigenvalue weighted by Crippen LogP contribution is 2.39. The number of aryl methyl sites for hydroxylation is 1.